The van der Waals surface area contributed by atoms with Gasteiger partial charge < -0.3 is 15.3 Å². The molecule has 0 atom stereocenters. The number of nitrogens with one attached hydrogen (secondary N) is 1. The van der Waals surface area contributed by atoms with Gasteiger partial charge >= 0.3 is 12.0 Å². The molecule has 0 radical (unpaired) electrons. The fourth-order valence-electron chi connectivity index (χ4n) is 1.28. The lowest BCUT2D eigenvalue weighted by atomic mass is 10.4. The van der Waals surface area contributed by atoms with Gasteiger partial charge in [-0.1, -0.05) is 0 Å². The van der Waals surface area contributed by atoms with Crippen LogP contribution in [-0.2, 0) is 14.6 Å². The number of carbonyl (C=O) groups excluding carboxylic acids is 1. The number of carboxylic acids is 1. The maximum absolute atomic E-state index is 11.6. The molecule has 0 spiro atoms. The Morgan fingerprint density at radius 3 is 2.39 bits per heavy atom. The smallest absolute Gasteiger partial charge is 0.317 e. The predicted octanol–water partition coefficient (Wildman–Crippen LogP) is -0.0727. The van der Waals surface area contributed by atoms with Gasteiger partial charge in [-0.15, -0.1) is 0 Å². The zero-order valence-corrected chi connectivity index (χ0v) is 11.5. The summed E-state index contributed by atoms with van der Waals surface area (Å²) in [5, 5.41) is 11.1. The molecule has 0 aromatic heterocycles. The van der Waals surface area contributed by atoms with Gasteiger partial charge in [0.15, 0.2) is 0 Å². The average Bonchev–Trinajstić information content (AvgIpc) is 2.23. The summed E-state index contributed by atoms with van der Waals surface area (Å²) in [6.07, 6.45) is 1.38. The van der Waals surface area contributed by atoms with Crippen molar-refractivity contribution in [1.29, 1.82) is 0 Å². The topological polar surface area (TPSA) is 104 Å². The van der Waals surface area contributed by atoms with E-state index in [1.165, 1.54) is 4.90 Å². The molecule has 0 heterocycles. The molecule has 0 aromatic carbocycles. The summed E-state index contributed by atoms with van der Waals surface area (Å²) in [7, 11) is -3.01. The van der Waals surface area contributed by atoms with Crippen LogP contribution in [0.25, 0.3) is 0 Å². The van der Waals surface area contributed by atoms with E-state index in [4.69, 9.17) is 5.11 Å². The van der Waals surface area contributed by atoms with Crippen molar-refractivity contribution in [3.8, 4) is 0 Å². The number of sulfone groups is 1. The Morgan fingerprint density at radius 1 is 1.33 bits per heavy atom. The number of hydrogen-bond acceptors (Lipinski definition) is 4. The standard InChI is InChI=1S/C10H20N2O5S/c1-3-12(7-5-9(13)14)10(15)11-6-4-8-18(2,16)17/h3-8H2,1-2H3,(H,11,15)(H,13,14). The highest BCUT2D eigenvalue weighted by Crippen LogP contribution is 1.94. The maximum Gasteiger partial charge on any atom is 0.317 e. The summed E-state index contributed by atoms with van der Waals surface area (Å²) < 4.78 is 21.7. The molecular formula is C10H20N2O5S. The van der Waals surface area contributed by atoms with Crippen molar-refractivity contribution in [3.63, 3.8) is 0 Å². The number of carbonyl (C=O) groups is 2. The minimum atomic E-state index is -3.01. The molecular weight excluding hydrogens is 260 g/mol. The number of nitrogens with zero attached hydrogens (tertiary/aromatic N) is 1. The first-order valence-corrected chi connectivity index (χ1v) is 7.74. The molecule has 0 aliphatic carbocycles. The van der Waals surface area contributed by atoms with E-state index < -0.39 is 15.8 Å². The molecule has 0 saturated heterocycles. The van der Waals surface area contributed by atoms with Crippen molar-refractivity contribution in [2.24, 2.45) is 0 Å². The van der Waals surface area contributed by atoms with Crippen LogP contribution in [0.4, 0.5) is 4.79 Å². The van der Waals surface area contributed by atoms with Gasteiger partial charge in [-0.3, -0.25) is 4.79 Å². The Kier molecular flexibility index (Phi) is 7.33. The summed E-state index contributed by atoms with van der Waals surface area (Å²) in [6.45, 7) is 2.56. The van der Waals surface area contributed by atoms with E-state index in [0.29, 0.717) is 13.0 Å². The number of urea groups is 1. The number of aliphatic carboxylic acids is 1. The van der Waals surface area contributed by atoms with E-state index in [0.717, 1.165) is 6.26 Å². The second-order valence-electron chi connectivity index (χ2n) is 3.94. The third-order valence-corrected chi connectivity index (χ3v) is 3.26. The van der Waals surface area contributed by atoms with Crippen molar-refractivity contribution in [2.75, 3.05) is 31.6 Å². The summed E-state index contributed by atoms with van der Waals surface area (Å²) in [5.74, 6) is -0.938. The normalized spacial score (nSPS) is 11.0. The third-order valence-electron chi connectivity index (χ3n) is 2.23. The highest BCUT2D eigenvalue weighted by molar-refractivity contribution is 7.90. The van der Waals surface area contributed by atoms with Crippen molar-refractivity contribution in [1.82, 2.24) is 10.2 Å². The molecule has 2 N–H and O–H groups in total. The lowest BCUT2D eigenvalue weighted by molar-refractivity contribution is -0.137. The zero-order chi connectivity index (χ0) is 14.2. The van der Waals surface area contributed by atoms with E-state index in [1.54, 1.807) is 6.92 Å². The number of rotatable bonds is 8. The van der Waals surface area contributed by atoms with Crippen molar-refractivity contribution in [3.05, 3.63) is 0 Å². The lowest BCUT2D eigenvalue weighted by Gasteiger charge is -2.20. The fourth-order valence-corrected chi connectivity index (χ4v) is 1.94. The first-order valence-electron chi connectivity index (χ1n) is 5.68. The third kappa shape index (κ3) is 8.80. The van der Waals surface area contributed by atoms with Gasteiger partial charge in [0.1, 0.15) is 9.84 Å². The second kappa shape index (κ2) is 7.91. The van der Waals surface area contributed by atoms with Crippen LogP contribution in [0, 0.1) is 0 Å². The molecule has 18 heavy (non-hydrogen) atoms. The van der Waals surface area contributed by atoms with Gasteiger partial charge in [-0.25, -0.2) is 13.2 Å². The van der Waals surface area contributed by atoms with Gasteiger partial charge in [0.2, 0.25) is 0 Å². The quantitative estimate of drug-likeness (QED) is 0.606. The second-order valence-corrected chi connectivity index (χ2v) is 6.20. The van der Waals surface area contributed by atoms with Crippen LogP contribution < -0.4 is 5.32 Å². The van der Waals surface area contributed by atoms with Gasteiger partial charge in [0, 0.05) is 25.9 Å². The highest BCUT2D eigenvalue weighted by Gasteiger charge is 2.12. The number of hydrogen-bond donors (Lipinski definition) is 2. The molecule has 0 bridgehead atoms. The number of amides is 2. The van der Waals surface area contributed by atoms with Crippen LogP contribution in [0.15, 0.2) is 0 Å². The van der Waals surface area contributed by atoms with Gasteiger partial charge in [-0.2, -0.15) is 0 Å². The van der Waals surface area contributed by atoms with Crippen LogP contribution in [0.2, 0.25) is 0 Å². The molecule has 0 rings (SSSR count). The van der Waals surface area contributed by atoms with Crippen LogP contribution in [0.5, 0.6) is 0 Å². The zero-order valence-electron chi connectivity index (χ0n) is 10.7. The van der Waals surface area contributed by atoms with Crippen molar-refractivity contribution >= 4 is 21.8 Å². The van der Waals surface area contributed by atoms with E-state index in [9.17, 15) is 18.0 Å². The fraction of sp³-hybridized carbons (Fsp3) is 0.800. The minimum Gasteiger partial charge on any atom is -0.481 e. The molecule has 0 unspecified atom stereocenters. The molecule has 8 heteroatoms. The van der Waals surface area contributed by atoms with Crippen molar-refractivity contribution in [2.45, 2.75) is 19.8 Å². The first-order chi connectivity index (χ1) is 8.26. The minimum absolute atomic E-state index is 0.0224. The largest absolute Gasteiger partial charge is 0.481 e. The maximum atomic E-state index is 11.6. The Hall–Kier alpha value is -1.31. The highest BCUT2D eigenvalue weighted by atomic mass is 32.2. The van der Waals surface area contributed by atoms with E-state index in [2.05, 4.69) is 5.32 Å². The van der Waals surface area contributed by atoms with E-state index in [1.807, 2.05) is 0 Å². The van der Waals surface area contributed by atoms with Gasteiger partial charge in [0.05, 0.1) is 12.2 Å². The first kappa shape index (κ1) is 16.7. The molecule has 0 saturated carbocycles. The Labute approximate surface area is 107 Å². The summed E-state index contributed by atoms with van der Waals surface area (Å²) >= 11 is 0. The Balaban J connectivity index is 3.94. The average molecular weight is 280 g/mol. The Bertz CT molecular complexity index is 380. The van der Waals surface area contributed by atoms with Crippen LogP contribution in [0.3, 0.4) is 0 Å². The molecule has 0 fully saturated rings. The van der Waals surface area contributed by atoms with Crippen LogP contribution >= 0.6 is 0 Å². The molecule has 0 aliphatic rings. The molecule has 0 aliphatic heterocycles. The monoisotopic (exact) mass is 280 g/mol. The van der Waals surface area contributed by atoms with Crippen molar-refractivity contribution < 1.29 is 23.1 Å². The van der Waals surface area contributed by atoms with Crippen LogP contribution in [0.1, 0.15) is 19.8 Å². The van der Waals surface area contributed by atoms with E-state index in [-0.39, 0.29) is 31.3 Å². The molecule has 0 aromatic rings. The molecule has 106 valence electrons. The lowest BCUT2D eigenvalue weighted by Crippen LogP contribution is -2.41. The van der Waals surface area contributed by atoms with Gasteiger partial charge in [0.25, 0.3) is 0 Å². The SMILES string of the molecule is CCN(CCC(=O)O)C(=O)NCCCS(C)(=O)=O. The predicted molar refractivity (Wildman–Crippen MR) is 67.2 cm³/mol. The number of carboxylic acid groups (broad SMARTS) is 1. The van der Waals surface area contributed by atoms with Crippen LogP contribution in [-0.4, -0.2) is 62.1 Å². The van der Waals surface area contributed by atoms with E-state index >= 15 is 0 Å². The van der Waals surface area contributed by atoms with Gasteiger partial charge in [-0.05, 0) is 13.3 Å². The summed E-state index contributed by atoms with van der Waals surface area (Å²) in [6, 6.07) is -0.368. The molecule has 2 amide bonds. The Morgan fingerprint density at radius 2 is 1.94 bits per heavy atom. The molecule has 7 nitrogen and oxygen atoms in total. The summed E-state index contributed by atoms with van der Waals surface area (Å²) in [4.78, 5) is 23.3. The summed E-state index contributed by atoms with van der Waals surface area (Å²) in [5.41, 5.74) is 0.